The molecule has 0 unspecified atom stereocenters. The molecule has 0 fully saturated rings. The average molecular weight is 490 g/mol. The molecular weight excluding hydrogens is 473 g/mol. The van der Waals surface area contributed by atoms with Gasteiger partial charge in [-0.1, -0.05) is 45.9 Å². The van der Waals surface area contributed by atoms with Gasteiger partial charge >= 0.3 is 0 Å². The second kappa shape index (κ2) is 8.61. The van der Waals surface area contributed by atoms with Gasteiger partial charge in [-0.2, -0.15) is 0 Å². The molecule has 4 rings (SSSR count). The van der Waals surface area contributed by atoms with E-state index >= 15 is 0 Å². The fourth-order valence-corrected chi connectivity index (χ4v) is 4.65. The van der Waals surface area contributed by atoms with Gasteiger partial charge in [-0.25, -0.2) is 9.37 Å². The van der Waals surface area contributed by atoms with Gasteiger partial charge in [0.05, 0.1) is 12.7 Å². The van der Waals surface area contributed by atoms with Gasteiger partial charge in [0.25, 0.3) is 5.56 Å². The van der Waals surface area contributed by atoms with E-state index in [-0.39, 0.29) is 29.5 Å². The molecule has 154 valence electrons. The predicted octanol–water partition coefficient (Wildman–Crippen LogP) is 4.45. The Bertz CT molecular complexity index is 1180. The Hall–Kier alpha value is -2.65. The molecule has 1 aliphatic rings. The number of amides is 1. The maximum Gasteiger partial charge on any atom is 0.257 e. The smallest absolute Gasteiger partial charge is 0.257 e. The molecule has 2 heterocycles. The molecule has 2 aromatic carbocycles. The maximum absolute atomic E-state index is 13.9. The lowest BCUT2D eigenvalue weighted by molar-refractivity contribution is -0.116. The van der Waals surface area contributed by atoms with Crippen LogP contribution in [0.5, 0.6) is 5.75 Å². The molecule has 6 nitrogen and oxygen atoms in total. The molecule has 2 N–H and O–H groups in total. The number of thioether (sulfide) groups is 1. The Morgan fingerprint density at radius 3 is 2.83 bits per heavy atom. The van der Waals surface area contributed by atoms with Crippen LogP contribution in [-0.4, -0.2) is 23.0 Å². The monoisotopic (exact) mass is 489 g/mol. The number of hydrogen-bond donors (Lipinski definition) is 2. The van der Waals surface area contributed by atoms with Crippen LogP contribution in [0.1, 0.15) is 29.0 Å². The first kappa shape index (κ1) is 20.6. The van der Waals surface area contributed by atoms with Gasteiger partial charge in [0.15, 0.2) is 5.16 Å². The minimum absolute atomic E-state index is 0.103. The molecular formula is C21H17BrFN3O3S. The summed E-state index contributed by atoms with van der Waals surface area (Å²) in [4.78, 5) is 32.5. The Labute approximate surface area is 184 Å². The fraction of sp³-hybridized carbons (Fsp3) is 0.190. The zero-order valence-electron chi connectivity index (χ0n) is 15.9. The van der Waals surface area contributed by atoms with Crippen molar-refractivity contribution in [3.8, 4) is 5.75 Å². The zero-order valence-corrected chi connectivity index (χ0v) is 18.3. The standard InChI is InChI=1S/C21H17BrFN3O3S/c1-29-16-7-6-12(22)8-13(16)14-9-17(27)24-19-18(14)20(28)26-21(25-19)30-10-11-4-2-3-5-15(11)23/h2-8,14H,9-10H2,1H3,(H2,24,25,26,27,28)/t14-/m0/s1. The fourth-order valence-electron chi connectivity index (χ4n) is 3.42. The van der Waals surface area contributed by atoms with Crippen molar-refractivity contribution in [2.24, 2.45) is 0 Å². The molecule has 0 bridgehead atoms. The molecule has 0 aliphatic carbocycles. The number of hydrogen-bond acceptors (Lipinski definition) is 5. The Morgan fingerprint density at radius 1 is 1.27 bits per heavy atom. The lowest BCUT2D eigenvalue weighted by Crippen LogP contribution is -2.31. The summed E-state index contributed by atoms with van der Waals surface area (Å²) in [6.07, 6.45) is 0.103. The molecule has 1 atom stereocenters. The second-order valence-corrected chi connectivity index (χ2v) is 8.58. The number of benzene rings is 2. The van der Waals surface area contributed by atoms with Gasteiger partial charge in [-0.05, 0) is 29.8 Å². The number of rotatable bonds is 5. The molecule has 0 saturated carbocycles. The number of aromatic amines is 1. The van der Waals surface area contributed by atoms with Crippen molar-refractivity contribution in [2.75, 3.05) is 12.4 Å². The molecule has 30 heavy (non-hydrogen) atoms. The highest BCUT2D eigenvalue weighted by Gasteiger charge is 2.32. The zero-order chi connectivity index (χ0) is 21.3. The highest BCUT2D eigenvalue weighted by Crippen LogP contribution is 2.39. The highest BCUT2D eigenvalue weighted by atomic mass is 79.9. The number of halogens is 2. The molecule has 1 aromatic heterocycles. The number of nitrogens with zero attached hydrogens (tertiary/aromatic N) is 1. The van der Waals surface area contributed by atoms with Gasteiger partial charge < -0.3 is 15.0 Å². The summed E-state index contributed by atoms with van der Waals surface area (Å²) in [7, 11) is 1.54. The number of carbonyl (C=O) groups excluding carboxylic acids is 1. The quantitative estimate of drug-likeness (QED) is 0.408. The summed E-state index contributed by atoms with van der Waals surface area (Å²) in [5, 5.41) is 3.00. The summed E-state index contributed by atoms with van der Waals surface area (Å²) < 4.78 is 20.1. The van der Waals surface area contributed by atoms with E-state index in [1.54, 1.807) is 31.4 Å². The van der Waals surface area contributed by atoms with Crippen molar-refractivity contribution < 1.29 is 13.9 Å². The maximum atomic E-state index is 13.9. The van der Waals surface area contributed by atoms with Crippen LogP contribution in [0.15, 0.2) is 56.9 Å². The number of fused-ring (bicyclic) bond motifs is 1. The van der Waals surface area contributed by atoms with E-state index in [1.807, 2.05) is 12.1 Å². The van der Waals surface area contributed by atoms with Crippen LogP contribution in [0.25, 0.3) is 0 Å². The largest absolute Gasteiger partial charge is 0.496 e. The normalized spacial score (nSPS) is 15.4. The van der Waals surface area contributed by atoms with Crippen LogP contribution in [0, 0.1) is 5.82 Å². The lowest BCUT2D eigenvalue weighted by atomic mass is 9.86. The Kier molecular flexibility index (Phi) is 5.92. The molecule has 9 heteroatoms. The summed E-state index contributed by atoms with van der Waals surface area (Å²) in [5.74, 6) is 0.0473. The third kappa shape index (κ3) is 4.13. The van der Waals surface area contributed by atoms with E-state index < -0.39 is 5.92 Å². The molecule has 0 radical (unpaired) electrons. The van der Waals surface area contributed by atoms with Crippen LogP contribution in [0.4, 0.5) is 10.2 Å². The van der Waals surface area contributed by atoms with Gasteiger partial charge in [-0.15, -0.1) is 0 Å². The first-order valence-corrected chi connectivity index (χ1v) is 10.9. The molecule has 0 spiro atoms. The summed E-state index contributed by atoms with van der Waals surface area (Å²) >= 11 is 4.63. The molecule has 1 aliphatic heterocycles. The number of carbonyl (C=O) groups is 1. The number of anilines is 1. The van der Waals surface area contributed by atoms with Crippen LogP contribution in [-0.2, 0) is 10.5 Å². The Morgan fingerprint density at radius 2 is 2.07 bits per heavy atom. The van der Waals surface area contributed by atoms with E-state index in [9.17, 15) is 14.0 Å². The van der Waals surface area contributed by atoms with E-state index in [0.29, 0.717) is 27.8 Å². The number of methoxy groups -OCH3 is 1. The topological polar surface area (TPSA) is 84.1 Å². The van der Waals surface area contributed by atoms with Crippen molar-refractivity contribution in [3.05, 3.63) is 79.8 Å². The van der Waals surface area contributed by atoms with Gasteiger partial charge in [-0.3, -0.25) is 9.59 Å². The summed E-state index contributed by atoms with van der Waals surface area (Å²) in [6, 6.07) is 11.9. The molecule has 0 saturated heterocycles. The Balaban J connectivity index is 1.71. The SMILES string of the molecule is COc1ccc(Br)cc1[C@@H]1CC(=O)Nc2nc(SCc3ccccc3F)[nH]c(=O)c21. The van der Waals surface area contributed by atoms with Gasteiger partial charge in [0.1, 0.15) is 17.4 Å². The number of aromatic nitrogens is 2. The van der Waals surface area contributed by atoms with Crippen molar-refractivity contribution in [3.63, 3.8) is 0 Å². The number of nitrogens with one attached hydrogen (secondary N) is 2. The summed E-state index contributed by atoms with van der Waals surface area (Å²) in [6.45, 7) is 0. The van der Waals surface area contributed by atoms with Gasteiger partial charge in [0.2, 0.25) is 5.91 Å². The summed E-state index contributed by atoms with van der Waals surface area (Å²) in [5.41, 5.74) is 1.26. The van der Waals surface area contributed by atoms with Crippen LogP contribution < -0.4 is 15.6 Å². The minimum atomic E-state index is -0.497. The van der Waals surface area contributed by atoms with E-state index in [0.717, 1.165) is 10.0 Å². The predicted molar refractivity (Wildman–Crippen MR) is 117 cm³/mol. The van der Waals surface area contributed by atoms with Crippen LogP contribution in [0.3, 0.4) is 0 Å². The first-order chi connectivity index (χ1) is 14.5. The van der Waals surface area contributed by atoms with Crippen molar-refractivity contribution in [2.45, 2.75) is 23.2 Å². The van der Waals surface area contributed by atoms with E-state index in [1.165, 1.54) is 17.8 Å². The molecule has 1 amide bonds. The highest BCUT2D eigenvalue weighted by molar-refractivity contribution is 9.10. The van der Waals surface area contributed by atoms with E-state index in [4.69, 9.17) is 4.74 Å². The van der Waals surface area contributed by atoms with Crippen molar-refractivity contribution in [1.29, 1.82) is 0 Å². The van der Waals surface area contributed by atoms with Crippen LogP contribution in [0.2, 0.25) is 0 Å². The lowest BCUT2D eigenvalue weighted by Gasteiger charge is -2.25. The third-order valence-electron chi connectivity index (χ3n) is 4.82. The van der Waals surface area contributed by atoms with Crippen LogP contribution >= 0.6 is 27.7 Å². The number of ether oxygens (including phenoxy) is 1. The van der Waals surface area contributed by atoms with Gasteiger partial charge in [0, 0.05) is 28.1 Å². The van der Waals surface area contributed by atoms with E-state index in [2.05, 4.69) is 31.2 Å². The minimum Gasteiger partial charge on any atom is -0.496 e. The first-order valence-electron chi connectivity index (χ1n) is 9.10. The molecule has 3 aromatic rings. The van der Waals surface area contributed by atoms with Crippen molar-refractivity contribution in [1.82, 2.24) is 9.97 Å². The van der Waals surface area contributed by atoms with Crippen molar-refractivity contribution >= 4 is 39.4 Å². The second-order valence-electron chi connectivity index (χ2n) is 6.70. The number of H-pyrrole nitrogens is 1. The third-order valence-corrected chi connectivity index (χ3v) is 6.23. The average Bonchev–Trinajstić information content (AvgIpc) is 2.72.